The normalized spacial score (nSPS) is 13.6. The van der Waals surface area contributed by atoms with Crippen LogP contribution in [-0.2, 0) is 19.3 Å². The predicted octanol–water partition coefficient (Wildman–Crippen LogP) is 3.29. The number of aromatic amines is 1. The second-order valence-corrected chi connectivity index (χ2v) is 7.44. The Morgan fingerprint density at radius 1 is 1.36 bits per heavy atom. The van der Waals surface area contributed by atoms with Crippen LogP contribution in [0.3, 0.4) is 0 Å². The molecule has 0 bridgehead atoms. The van der Waals surface area contributed by atoms with Crippen LogP contribution >= 0.6 is 11.3 Å². The summed E-state index contributed by atoms with van der Waals surface area (Å²) in [4.78, 5) is 18.4. The van der Waals surface area contributed by atoms with Crippen molar-refractivity contribution >= 4 is 17.2 Å². The number of amides is 1. The largest absolute Gasteiger partial charge is 0.460 e. The quantitative estimate of drug-likeness (QED) is 0.735. The summed E-state index contributed by atoms with van der Waals surface area (Å²) in [5.74, 6) is 1.31. The van der Waals surface area contributed by atoms with Gasteiger partial charge in [-0.05, 0) is 44.7 Å². The topological polar surface area (TPSA) is 83.8 Å². The van der Waals surface area contributed by atoms with Crippen LogP contribution in [0.5, 0.6) is 0 Å². The van der Waals surface area contributed by atoms with E-state index in [0.29, 0.717) is 23.7 Å². The highest BCUT2D eigenvalue weighted by molar-refractivity contribution is 7.11. The van der Waals surface area contributed by atoms with Crippen LogP contribution in [-0.4, -0.2) is 27.6 Å². The van der Waals surface area contributed by atoms with E-state index in [4.69, 9.17) is 9.40 Å². The molecule has 2 N–H and O–H groups in total. The molecule has 1 aliphatic rings. The third-order valence-corrected chi connectivity index (χ3v) is 5.55. The number of hydrogen-bond acceptors (Lipinski definition) is 5. The molecular weight excluding hydrogens is 336 g/mol. The minimum absolute atomic E-state index is 0.188. The highest BCUT2D eigenvalue weighted by atomic mass is 32.1. The van der Waals surface area contributed by atoms with E-state index in [1.807, 2.05) is 19.1 Å². The lowest BCUT2D eigenvalue weighted by Gasteiger charge is -2.06. The van der Waals surface area contributed by atoms with Crippen molar-refractivity contribution in [1.29, 1.82) is 0 Å². The van der Waals surface area contributed by atoms with Crippen molar-refractivity contribution in [3.63, 3.8) is 0 Å². The predicted molar refractivity (Wildman–Crippen MR) is 95.8 cm³/mol. The number of thiazole rings is 1. The monoisotopic (exact) mass is 356 g/mol. The van der Waals surface area contributed by atoms with Gasteiger partial charge in [0.15, 0.2) is 11.5 Å². The van der Waals surface area contributed by atoms with Gasteiger partial charge in [-0.15, -0.1) is 11.3 Å². The van der Waals surface area contributed by atoms with Gasteiger partial charge >= 0.3 is 0 Å². The Balaban J connectivity index is 1.33. The summed E-state index contributed by atoms with van der Waals surface area (Å²) in [5.41, 5.74) is 2.33. The summed E-state index contributed by atoms with van der Waals surface area (Å²) >= 11 is 1.79. The second-order valence-electron chi connectivity index (χ2n) is 6.27. The van der Waals surface area contributed by atoms with Crippen molar-refractivity contribution in [2.75, 3.05) is 6.54 Å². The minimum atomic E-state index is -0.188. The molecule has 0 fully saturated rings. The van der Waals surface area contributed by atoms with E-state index in [2.05, 4.69) is 15.5 Å². The van der Waals surface area contributed by atoms with Crippen molar-refractivity contribution in [3.05, 3.63) is 45.2 Å². The highest BCUT2D eigenvalue weighted by Crippen LogP contribution is 2.26. The zero-order chi connectivity index (χ0) is 17.2. The Bertz CT molecular complexity index is 869. The second kappa shape index (κ2) is 6.84. The molecular formula is C18H20N4O2S. The van der Waals surface area contributed by atoms with E-state index in [-0.39, 0.29) is 5.91 Å². The standard InChI is InChI=1S/C18H20N4O2S/c1-11-6-7-15(24-11)13-10-14(22-21-13)18(23)19-9-8-17-20-12-4-2-3-5-16(12)25-17/h6-7,10H,2-5,8-9H2,1H3,(H,19,23)(H,21,22). The number of nitrogens with one attached hydrogen (secondary N) is 2. The molecule has 0 saturated carbocycles. The van der Waals surface area contributed by atoms with Crippen LogP contribution in [0, 0.1) is 6.92 Å². The molecule has 3 aromatic rings. The molecule has 1 aliphatic carbocycles. The van der Waals surface area contributed by atoms with Gasteiger partial charge in [0, 0.05) is 23.9 Å². The average molecular weight is 356 g/mol. The molecule has 0 aromatic carbocycles. The number of nitrogens with zero attached hydrogens (tertiary/aromatic N) is 2. The molecule has 0 aliphatic heterocycles. The third-order valence-electron chi connectivity index (χ3n) is 4.33. The summed E-state index contributed by atoms with van der Waals surface area (Å²) in [5, 5.41) is 10.9. The van der Waals surface area contributed by atoms with Crippen LogP contribution in [0.2, 0.25) is 0 Å². The van der Waals surface area contributed by atoms with Crippen LogP contribution in [0.25, 0.3) is 11.5 Å². The van der Waals surface area contributed by atoms with Crippen LogP contribution < -0.4 is 5.32 Å². The Morgan fingerprint density at radius 3 is 3.04 bits per heavy atom. The maximum Gasteiger partial charge on any atom is 0.271 e. The summed E-state index contributed by atoms with van der Waals surface area (Å²) < 4.78 is 5.53. The molecule has 0 radical (unpaired) electrons. The Labute approximate surface area is 149 Å². The van der Waals surface area contributed by atoms with E-state index in [1.54, 1.807) is 17.4 Å². The molecule has 3 heterocycles. The van der Waals surface area contributed by atoms with Crippen molar-refractivity contribution < 1.29 is 9.21 Å². The molecule has 0 spiro atoms. The Morgan fingerprint density at radius 2 is 2.24 bits per heavy atom. The maximum absolute atomic E-state index is 12.2. The van der Waals surface area contributed by atoms with E-state index in [0.717, 1.165) is 30.0 Å². The first-order valence-corrected chi connectivity index (χ1v) is 9.38. The van der Waals surface area contributed by atoms with Gasteiger partial charge in [0.1, 0.15) is 11.5 Å². The maximum atomic E-state index is 12.2. The van der Waals surface area contributed by atoms with Crippen LogP contribution in [0.15, 0.2) is 22.6 Å². The highest BCUT2D eigenvalue weighted by Gasteiger charge is 2.16. The van der Waals surface area contributed by atoms with E-state index < -0.39 is 0 Å². The first kappa shape index (κ1) is 16.1. The number of hydrogen-bond donors (Lipinski definition) is 2. The first-order valence-electron chi connectivity index (χ1n) is 8.57. The fourth-order valence-electron chi connectivity index (χ4n) is 3.03. The number of rotatable bonds is 5. The lowest BCUT2D eigenvalue weighted by atomic mass is 10.0. The average Bonchev–Trinajstić information content (AvgIpc) is 3.32. The smallest absolute Gasteiger partial charge is 0.271 e. The summed E-state index contributed by atoms with van der Waals surface area (Å²) in [6, 6.07) is 5.44. The van der Waals surface area contributed by atoms with Gasteiger partial charge in [0.25, 0.3) is 5.91 Å². The number of furan rings is 1. The van der Waals surface area contributed by atoms with Crippen LogP contribution in [0.4, 0.5) is 0 Å². The fourth-order valence-corrected chi connectivity index (χ4v) is 4.19. The molecule has 0 saturated heterocycles. The molecule has 6 nitrogen and oxygen atoms in total. The van der Waals surface area contributed by atoms with E-state index in [1.165, 1.54) is 23.4 Å². The van der Waals surface area contributed by atoms with Crippen LogP contribution in [0.1, 0.15) is 44.7 Å². The molecule has 25 heavy (non-hydrogen) atoms. The number of fused-ring (bicyclic) bond motifs is 1. The zero-order valence-corrected chi connectivity index (χ0v) is 14.9. The molecule has 4 rings (SSSR count). The van der Waals surface area contributed by atoms with Gasteiger partial charge in [-0.2, -0.15) is 5.10 Å². The molecule has 0 atom stereocenters. The number of carbonyl (C=O) groups excluding carboxylic acids is 1. The van der Waals surface area contributed by atoms with Gasteiger partial charge in [-0.3, -0.25) is 9.89 Å². The van der Waals surface area contributed by atoms with Gasteiger partial charge in [0.05, 0.1) is 10.7 Å². The summed E-state index contributed by atoms with van der Waals surface area (Å²) in [6.45, 7) is 2.44. The lowest BCUT2D eigenvalue weighted by molar-refractivity contribution is 0.0949. The Hall–Kier alpha value is -2.41. The Kier molecular flexibility index (Phi) is 4.40. The lowest BCUT2D eigenvalue weighted by Crippen LogP contribution is -2.26. The van der Waals surface area contributed by atoms with Gasteiger partial charge in [-0.25, -0.2) is 4.98 Å². The van der Waals surface area contributed by atoms with Crippen molar-refractivity contribution in [1.82, 2.24) is 20.5 Å². The van der Waals surface area contributed by atoms with Gasteiger partial charge < -0.3 is 9.73 Å². The number of aromatic nitrogens is 3. The third kappa shape index (κ3) is 3.51. The van der Waals surface area contributed by atoms with Crippen molar-refractivity contribution in [2.24, 2.45) is 0 Å². The van der Waals surface area contributed by atoms with Gasteiger partial charge in [0.2, 0.25) is 0 Å². The zero-order valence-electron chi connectivity index (χ0n) is 14.1. The van der Waals surface area contributed by atoms with Gasteiger partial charge in [-0.1, -0.05) is 0 Å². The molecule has 3 aromatic heterocycles. The SMILES string of the molecule is Cc1ccc(-c2cc(C(=O)NCCc3nc4c(s3)CCCC4)n[nH]2)o1. The van der Waals surface area contributed by atoms with Crippen molar-refractivity contribution in [2.45, 2.75) is 39.0 Å². The molecule has 1 amide bonds. The first-order chi connectivity index (χ1) is 12.2. The van der Waals surface area contributed by atoms with E-state index in [9.17, 15) is 4.79 Å². The summed E-state index contributed by atoms with van der Waals surface area (Å²) in [6.07, 6.45) is 5.52. The number of carbonyl (C=O) groups is 1. The minimum Gasteiger partial charge on any atom is -0.460 e. The van der Waals surface area contributed by atoms with E-state index >= 15 is 0 Å². The molecule has 130 valence electrons. The fraction of sp³-hybridized carbons (Fsp3) is 0.389. The van der Waals surface area contributed by atoms with Crippen molar-refractivity contribution in [3.8, 4) is 11.5 Å². The molecule has 7 heteroatoms. The summed E-state index contributed by atoms with van der Waals surface area (Å²) in [7, 11) is 0. The number of H-pyrrole nitrogens is 1. The number of aryl methyl sites for hydroxylation is 3. The molecule has 0 unspecified atom stereocenters.